The molecule has 8 heteroatoms. The summed E-state index contributed by atoms with van der Waals surface area (Å²) < 4.78 is 45.3. The molecule has 0 unspecified atom stereocenters. The molecule has 1 fully saturated rings. The van der Waals surface area contributed by atoms with Crippen LogP contribution < -0.4 is 0 Å². The summed E-state index contributed by atoms with van der Waals surface area (Å²) in [4.78, 5) is 20.7. The van der Waals surface area contributed by atoms with Crippen LogP contribution in [0.4, 0.5) is 13.2 Å². The fourth-order valence-corrected chi connectivity index (χ4v) is 4.29. The number of hydrogen-bond acceptors (Lipinski definition) is 4. The maximum Gasteiger partial charge on any atom is 0.416 e. The van der Waals surface area contributed by atoms with Gasteiger partial charge in [-0.3, -0.25) is 9.69 Å². The highest BCUT2D eigenvalue weighted by atomic mass is 19.4. The maximum absolute atomic E-state index is 13.2. The molecule has 34 heavy (non-hydrogen) atoms. The topological polar surface area (TPSA) is 49.6 Å². The Morgan fingerprint density at radius 3 is 2.53 bits per heavy atom. The Labute approximate surface area is 197 Å². The summed E-state index contributed by atoms with van der Waals surface area (Å²) in [6.07, 6.45) is -1.06. The number of halogens is 3. The highest BCUT2D eigenvalue weighted by molar-refractivity contribution is 5.92. The summed E-state index contributed by atoms with van der Waals surface area (Å²) >= 11 is 0. The molecule has 0 N–H and O–H groups in total. The molecule has 180 valence electrons. The Bertz CT molecular complexity index is 1150. The first-order valence-corrected chi connectivity index (χ1v) is 11.4. The molecular weight excluding hydrogens is 443 g/mol. The van der Waals surface area contributed by atoms with Crippen LogP contribution in [-0.2, 0) is 25.8 Å². The third-order valence-corrected chi connectivity index (χ3v) is 6.08. The number of carbonyl (C=O) groups excluding carboxylic acids is 1. The van der Waals surface area contributed by atoms with Gasteiger partial charge in [0.1, 0.15) is 6.26 Å². The fraction of sp³-hybridized carbons (Fsp3) is 0.385. The van der Waals surface area contributed by atoms with Crippen molar-refractivity contribution in [3.63, 3.8) is 0 Å². The second-order valence-electron chi connectivity index (χ2n) is 8.90. The predicted octanol–water partition coefficient (Wildman–Crippen LogP) is 5.75. The van der Waals surface area contributed by atoms with E-state index in [0.29, 0.717) is 18.0 Å². The van der Waals surface area contributed by atoms with Gasteiger partial charge < -0.3 is 9.32 Å². The molecule has 2 aromatic carbocycles. The second-order valence-corrected chi connectivity index (χ2v) is 8.90. The van der Waals surface area contributed by atoms with Gasteiger partial charge in [-0.15, -0.1) is 0 Å². The molecule has 0 bridgehead atoms. The molecule has 2 heterocycles. The zero-order valence-electron chi connectivity index (χ0n) is 19.4. The highest BCUT2D eigenvalue weighted by Gasteiger charge is 2.30. The van der Waals surface area contributed by atoms with E-state index in [-0.39, 0.29) is 24.7 Å². The number of rotatable bonds is 7. The van der Waals surface area contributed by atoms with Crippen LogP contribution in [0, 0.1) is 13.8 Å². The lowest BCUT2D eigenvalue weighted by molar-refractivity contribution is -0.137. The third-order valence-electron chi connectivity index (χ3n) is 6.08. The molecule has 4 rings (SSSR count). The number of benzene rings is 2. The van der Waals surface area contributed by atoms with Crippen molar-refractivity contribution < 1.29 is 22.4 Å². The van der Waals surface area contributed by atoms with Crippen molar-refractivity contribution >= 4 is 5.91 Å². The van der Waals surface area contributed by atoms with Crippen molar-refractivity contribution in [1.82, 2.24) is 14.8 Å². The van der Waals surface area contributed by atoms with Gasteiger partial charge in [0.25, 0.3) is 5.91 Å². The minimum atomic E-state index is -4.40. The van der Waals surface area contributed by atoms with Gasteiger partial charge in [-0.25, -0.2) is 4.98 Å². The molecule has 1 amide bonds. The number of carbonyl (C=O) groups is 1. The summed E-state index contributed by atoms with van der Waals surface area (Å²) in [6, 6.07) is 11.5. The summed E-state index contributed by atoms with van der Waals surface area (Å²) in [5.41, 5.74) is 3.44. The number of nitrogens with zero attached hydrogens (tertiary/aromatic N) is 3. The van der Waals surface area contributed by atoms with Crippen LogP contribution >= 0.6 is 0 Å². The zero-order valence-corrected chi connectivity index (χ0v) is 19.4. The van der Waals surface area contributed by atoms with Crippen LogP contribution in [0.3, 0.4) is 0 Å². The van der Waals surface area contributed by atoms with Crippen LogP contribution in [0.5, 0.6) is 0 Å². The van der Waals surface area contributed by atoms with Crippen LogP contribution in [0.15, 0.2) is 53.1 Å². The third kappa shape index (κ3) is 5.86. The molecule has 0 radical (unpaired) electrons. The van der Waals surface area contributed by atoms with E-state index >= 15 is 0 Å². The van der Waals surface area contributed by atoms with E-state index in [1.54, 1.807) is 11.0 Å². The Morgan fingerprint density at radius 1 is 1.06 bits per heavy atom. The summed E-state index contributed by atoms with van der Waals surface area (Å²) in [7, 11) is 0. The Balaban J connectivity index is 1.56. The number of alkyl halides is 3. The molecule has 0 saturated carbocycles. The molecule has 0 atom stereocenters. The van der Waals surface area contributed by atoms with Crippen LogP contribution in [-0.4, -0.2) is 33.8 Å². The Morgan fingerprint density at radius 2 is 1.82 bits per heavy atom. The monoisotopic (exact) mass is 471 g/mol. The number of oxazole rings is 1. The van der Waals surface area contributed by atoms with Gasteiger partial charge in [-0.05, 0) is 49.4 Å². The van der Waals surface area contributed by atoms with Crippen LogP contribution in [0.1, 0.15) is 57.0 Å². The molecule has 1 aromatic heterocycles. The number of hydrogen-bond donors (Lipinski definition) is 0. The molecular formula is C26H28F3N3O2. The summed E-state index contributed by atoms with van der Waals surface area (Å²) in [5.74, 6) is 0.214. The van der Waals surface area contributed by atoms with Crippen molar-refractivity contribution in [3.05, 3.63) is 88.1 Å². The molecule has 1 aliphatic rings. The van der Waals surface area contributed by atoms with Crippen molar-refractivity contribution in [2.75, 3.05) is 13.1 Å². The first-order chi connectivity index (χ1) is 16.2. The van der Waals surface area contributed by atoms with E-state index in [0.717, 1.165) is 48.7 Å². The second kappa shape index (κ2) is 10.0. The Kier molecular flexibility index (Phi) is 7.07. The van der Waals surface area contributed by atoms with E-state index in [2.05, 4.69) is 11.1 Å². The lowest BCUT2D eigenvalue weighted by Crippen LogP contribution is -2.28. The minimum absolute atomic E-state index is 0.147. The summed E-state index contributed by atoms with van der Waals surface area (Å²) in [5, 5.41) is 0. The smallest absolute Gasteiger partial charge is 0.416 e. The van der Waals surface area contributed by atoms with Gasteiger partial charge >= 0.3 is 6.18 Å². The largest absolute Gasteiger partial charge is 0.447 e. The lowest BCUT2D eigenvalue weighted by atomic mass is 10.0. The quantitative estimate of drug-likeness (QED) is 0.440. The molecule has 5 nitrogen and oxygen atoms in total. The van der Waals surface area contributed by atoms with Gasteiger partial charge in [0.05, 0.1) is 12.1 Å². The van der Waals surface area contributed by atoms with Gasteiger partial charge in [-0.2, -0.15) is 13.2 Å². The number of likely N-dealkylation sites (tertiary alicyclic amines) is 1. The van der Waals surface area contributed by atoms with Crippen LogP contribution in [0.2, 0.25) is 0 Å². The number of aryl methyl sites for hydroxylation is 2. The summed E-state index contributed by atoms with van der Waals surface area (Å²) in [6.45, 7) is 6.50. The standard InChI is InChI=1S/C26H28F3N3O2/c1-18-8-9-21(19(2)12-18)15-31(14-20-6-5-7-22(13-20)26(27,28)29)16-24-30-23(17-34-24)25(33)32-10-3-4-11-32/h5-9,12-13,17H,3-4,10-11,14-16H2,1-2H3. The van der Waals surface area contributed by atoms with E-state index in [4.69, 9.17) is 4.42 Å². The van der Waals surface area contributed by atoms with Gasteiger partial charge in [0.2, 0.25) is 5.89 Å². The first-order valence-electron chi connectivity index (χ1n) is 11.4. The minimum Gasteiger partial charge on any atom is -0.447 e. The van der Waals surface area contributed by atoms with Crippen molar-refractivity contribution in [2.24, 2.45) is 0 Å². The number of aromatic nitrogens is 1. The van der Waals surface area contributed by atoms with Crippen LogP contribution in [0.25, 0.3) is 0 Å². The SMILES string of the molecule is Cc1ccc(CN(Cc2cccc(C(F)(F)F)c2)Cc2nc(C(=O)N3CCCC3)co2)c(C)c1. The van der Waals surface area contributed by atoms with Gasteiger partial charge in [0.15, 0.2) is 5.69 Å². The van der Waals surface area contributed by atoms with E-state index in [9.17, 15) is 18.0 Å². The lowest BCUT2D eigenvalue weighted by Gasteiger charge is -2.23. The van der Waals surface area contributed by atoms with Crippen molar-refractivity contribution in [3.8, 4) is 0 Å². The zero-order chi connectivity index (χ0) is 24.3. The van der Waals surface area contributed by atoms with E-state index in [1.165, 1.54) is 18.4 Å². The average molecular weight is 472 g/mol. The maximum atomic E-state index is 13.2. The van der Waals surface area contributed by atoms with Gasteiger partial charge in [0, 0.05) is 26.2 Å². The first kappa shape index (κ1) is 24.0. The molecule has 0 spiro atoms. The molecule has 3 aromatic rings. The van der Waals surface area contributed by atoms with E-state index < -0.39 is 11.7 Å². The fourth-order valence-electron chi connectivity index (χ4n) is 4.29. The van der Waals surface area contributed by atoms with Gasteiger partial charge in [-0.1, -0.05) is 42.0 Å². The molecule has 1 aliphatic heterocycles. The van der Waals surface area contributed by atoms with Crippen molar-refractivity contribution in [2.45, 2.75) is 52.5 Å². The average Bonchev–Trinajstić information content (AvgIpc) is 3.47. The predicted molar refractivity (Wildman–Crippen MR) is 122 cm³/mol. The van der Waals surface area contributed by atoms with E-state index in [1.807, 2.05) is 30.9 Å². The Hall–Kier alpha value is -3.13. The molecule has 1 saturated heterocycles. The highest BCUT2D eigenvalue weighted by Crippen LogP contribution is 2.30. The molecule has 0 aliphatic carbocycles. The number of amides is 1. The van der Waals surface area contributed by atoms with Crippen molar-refractivity contribution in [1.29, 1.82) is 0 Å². The normalized spacial score (nSPS) is 14.2.